The van der Waals surface area contributed by atoms with Crippen molar-refractivity contribution in [1.82, 2.24) is 5.32 Å². The average molecular weight is 171 g/mol. The van der Waals surface area contributed by atoms with Crippen LogP contribution in [0.3, 0.4) is 0 Å². The van der Waals surface area contributed by atoms with Gasteiger partial charge in [-0.3, -0.25) is 0 Å². The van der Waals surface area contributed by atoms with Crippen LogP contribution in [0, 0.1) is 5.92 Å². The van der Waals surface area contributed by atoms with Gasteiger partial charge in [0.25, 0.3) is 0 Å². The van der Waals surface area contributed by atoms with E-state index in [2.05, 4.69) is 25.7 Å². The summed E-state index contributed by atoms with van der Waals surface area (Å²) in [4.78, 5) is 0. The third kappa shape index (κ3) is 6.38. The van der Waals surface area contributed by atoms with Crippen molar-refractivity contribution >= 4 is 0 Å². The number of hydrogen-bond acceptors (Lipinski definition) is 2. The second kappa shape index (κ2) is 6.21. The SMILES string of the molecule is C=C(C)CNC(CO)CC(C)C. The molecule has 0 rings (SSSR count). The van der Waals surface area contributed by atoms with Gasteiger partial charge in [0.15, 0.2) is 0 Å². The summed E-state index contributed by atoms with van der Waals surface area (Å²) in [6.07, 6.45) is 1.02. The van der Waals surface area contributed by atoms with Gasteiger partial charge in [-0.1, -0.05) is 26.0 Å². The van der Waals surface area contributed by atoms with Crippen molar-refractivity contribution in [2.45, 2.75) is 33.2 Å². The first-order valence-electron chi connectivity index (χ1n) is 4.55. The number of aliphatic hydroxyl groups excluding tert-OH is 1. The van der Waals surface area contributed by atoms with E-state index in [1.165, 1.54) is 0 Å². The first-order chi connectivity index (χ1) is 5.56. The summed E-state index contributed by atoms with van der Waals surface area (Å²) in [7, 11) is 0. The molecule has 0 aromatic rings. The van der Waals surface area contributed by atoms with Crippen molar-refractivity contribution in [3.63, 3.8) is 0 Å². The van der Waals surface area contributed by atoms with E-state index in [4.69, 9.17) is 5.11 Å². The van der Waals surface area contributed by atoms with Crippen molar-refractivity contribution in [1.29, 1.82) is 0 Å². The highest BCUT2D eigenvalue weighted by Gasteiger charge is 2.07. The van der Waals surface area contributed by atoms with E-state index in [1.54, 1.807) is 0 Å². The Bertz CT molecular complexity index is 132. The number of hydrogen-bond donors (Lipinski definition) is 2. The van der Waals surface area contributed by atoms with Gasteiger partial charge >= 0.3 is 0 Å². The van der Waals surface area contributed by atoms with Gasteiger partial charge in [-0.25, -0.2) is 0 Å². The van der Waals surface area contributed by atoms with Crippen molar-refractivity contribution in [2.75, 3.05) is 13.2 Å². The topological polar surface area (TPSA) is 32.3 Å². The monoisotopic (exact) mass is 171 g/mol. The second-order valence-corrected chi connectivity index (χ2v) is 3.85. The van der Waals surface area contributed by atoms with Crippen LogP contribution in [0.5, 0.6) is 0 Å². The Kier molecular flexibility index (Phi) is 6.03. The molecule has 0 saturated carbocycles. The standard InChI is InChI=1S/C10H21NO/c1-8(2)5-10(7-12)11-6-9(3)4/h8,10-12H,3,5-7H2,1-2,4H3. The lowest BCUT2D eigenvalue weighted by molar-refractivity contribution is 0.227. The Balaban J connectivity index is 3.60. The lowest BCUT2D eigenvalue weighted by Crippen LogP contribution is -2.34. The summed E-state index contributed by atoms with van der Waals surface area (Å²) in [6, 6.07) is 0.224. The fourth-order valence-corrected chi connectivity index (χ4v) is 1.11. The van der Waals surface area contributed by atoms with Gasteiger partial charge in [0.05, 0.1) is 6.61 Å². The van der Waals surface area contributed by atoms with E-state index in [-0.39, 0.29) is 12.6 Å². The molecule has 0 aliphatic carbocycles. The van der Waals surface area contributed by atoms with E-state index in [0.29, 0.717) is 5.92 Å². The summed E-state index contributed by atoms with van der Waals surface area (Å²) in [6.45, 7) is 11.1. The molecule has 0 radical (unpaired) electrons. The van der Waals surface area contributed by atoms with E-state index in [1.807, 2.05) is 6.92 Å². The molecule has 1 atom stereocenters. The van der Waals surface area contributed by atoms with Gasteiger partial charge < -0.3 is 10.4 Å². The molecule has 12 heavy (non-hydrogen) atoms. The van der Waals surface area contributed by atoms with Crippen molar-refractivity contribution < 1.29 is 5.11 Å². The van der Waals surface area contributed by atoms with Gasteiger partial charge in [0, 0.05) is 12.6 Å². The Hall–Kier alpha value is -0.340. The molecule has 0 fully saturated rings. The van der Waals surface area contributed by atoms with E-state index in [9.17, 15) is 0 Å². The first kappa shape index (κ1) is 11.7. The molecule has 0 spiro atoms. The molecule has 0 amide bonds. The summed E-state index contributed by atoms with van der Waals surface area (Å²) in [5.41, 5.74) is 1.11. The number of nitrogens with one attached hydrogen (secondary N) is 1. The minimum atomic E-state index is 0.214. The van der Waals surface area contributed by atoms with Crippen LogP contribution in [-0.2, 0) is 0 Å². The van der Waals surface area contributed by atoms with Crippen LogP contribution in [0.25, 0.3) is 0 Å². The Morgan fingerprint density at radius 2 is 2.08 bits per heavy atom. The normalized spacial score (nSPS) is 13.4. The summed E-state index contributed by atoms with van der Waals surface area (Å²) >= 11 is 0. The second-order valence-electron chi connectivity index (χ2n) is 3.85. The number of rotatable bonds is 6. The lowest BCUT2D eigenvalue weighted by atomic mass is 10.0. The Morgan fingerprint density at radius 1 is 1.50 bits per heavy atom. The Labute approximate surface area is 75.7 Å². The van der Waals surface area contributed by atoms with Crippen LogP contribution in [0.4, 0.5) is 0 Å². The molecule has 2 N–H and O–H groups in total. The van der Waals surface area contributed by atoms with Crippen molar-refractivity contribution in [2.24, 2.45) is 5.92 Å². The van der Waals surface area contributed by atoms with Gasteiger partial charge in [0.2, 0.25) is 0 Å². The van der Waals surface area contributed by atoms with Crippen LogP contribution >= 0.6 is 0 Å². The third-order valence-electron chi connectivity index (χ3n) is 1.67. The zero-order valence-corrected chi connectivity index (χ0v) is 8.43. The van der Waals surface area contributed by atoms with Crippen LogP contribution in [0.15, 0.2) is 12.2 Å². The summed E-state index contributed by atoms with van der Waals surface area (Å²) in [5.74, 6) is 0.625. The van der Waals surface area contributed by atoms with Gasteiger partial charge in [-0.2, -0.15) is 0 Å². The maximum Gasteiger partial charge on any atom is 0.0584 e. The first-order valence-corrected chi connectivity index (χ1v) is 4.55. The quantitative estimate of drug-likeness (QED) is 0.594. The molecular weight excluding hydrogens is 150 g/mol. The summed E-state index contributed by atoms with van der Waals surface area (Å²) < 4.78 is 0. The zero-order chi connectivity index (χ0) is 9.56. The molecule has 1 unspecified atom stereocenters. The molecule has 0 saturated heterocycles. The largest absolute Gasteiger partial charge is 0.395 e. The molecule has 0 bridgehead atoms. The maximum atomic E-state index is 9.00. The smallest absolute Gasteiger partial charge is 0.0584 e. The minimum Gasteiger partial charge on any atom is -0.395 e. The predicted molar refractivity (Wildman–Crippen MR) is 53.1 cm³/mol. The molecule has 0 aliphatic heterocycles. The van der Waals surface area contributed by atoms with E-state index < -0.39 is 0 Å². The fourth-order valence-electron chi connectivity index (χ4n) is 1.11. The summed E-state index contributed by atoms with van der Waals surface area (Å²) in [5, 5.41) is 12.2. The van der Waals surface area contributed by atoms with E-state index >= 15 is 0 Å². The van der Waals surface area contributed by atoms with Crippen LogP contribution in [0.1, 0.15) is 27.2 Å². The molecule has 0 aromatic heterocycles. The van der Waals surface area contributed by atoms with Crippen LogP contribution in [-0.4, -0.2) is 24.3 Å². The van der Waals surface area contributed by atoms with Crippen LogP contribution in [0.2, 0.25) is 0 Å². The Morgan fingerprint density at radius 3 is 2.42 bits per heavy atom. The highest BCUT2D eigenvalue weighted by molar-refractivity contribution is 4.91. The predicted octanol–water partition coefficient (Wildman–Crippen LogP) is 1.56. The highest BCUT2D eigenvalue weighted by atomic mass is 16.3. The van der Waals surface area contributed by atoms with Gasteiger partial charge in [-0.05, 0) is 19.3 Å². The van der Waals surface area contributed by atoms with E-state index in [0.717, 1.165) is 18.5 Å². The molecule has 72 valence electrons. The third-order valence-corrected chi connectivity index (χ3v) is 1.67. The molecule has 0 aliphatic rings. The molecule has 2 nitrogen and oxygen atoms in total. The van der Waals surface area contributed by atoms with Crippen molar-refractivity contribution in [3.8, 4) is 0 Å². The number of aliphatic hydroxyl groups is 1. The van der Waals surface area contributed by atoms with Gasteiger partial charge in [-0.15, -0.1) is 0 Å². The highest BCUT2D eigenvalue weighted by Crippen LogP contribution is 2.04. The van der Waals surface area contributed by atoms with Crippen LogP contribution < -0.4 is 5.32 Å². The fraction of sp³-hybridized carbons (Fsp3) is 0.800. The van der Waals surface area contributed by atoms with Crippen molar-refractivity contribution in [3.05, 3.63) is 12.2 Å². The maximum absolute atomic E-state index is 9.00. The van der Waals surface area contributed by atoms with Gasteiger partial charge in [0.1, 0.15) is 0 Å². The minimum absolute atomic E-state index is 0.214. The molecule has 0 heterocycles. The average Bonchev–Trinajstić information content (AvgIpc) is 1.97. The molecular formula is C10H21NO. The molecule has 2 heteroatoms. The lowest BCUT2D eigenvalue weighted by Gasteiger charge is -2.18. The zero-order valence-electron chi connectivity index (χ0n) is 8.43. The molecule has 0 aromatic carbocycles.